The summed E-state index contributed by atoms with van der Waals surface area (Å²) in [7, 11) is -2.38. The number of hydrogen-bond donors (Lipinski definition) is 0. The molecule has 53 heavy (non-hydrogen) atoms. The Bertz CT molecular complexity index is 2230. The van der Waals surface area contributed by atoms with Crippen LogP contribution in [0.1, 0.15) is 109 Å². The second-order valence-corrected chi connectivity index (χ2v) is 22.8. The molecule has 0 saturated heterocycles. The summed E-state index contributed by atoms with van der Waals surface area (Å²) in [6.07, 6.45) is 4.90. The van der Waals surface area contributed by atoms with E-state index in [1.54, 1.807) is 0 Å². The fourth-order valence-corrected chi connectivity index (χ4v) is 13.5. The molecule has 268 valence electrons. The number of hydrogen-bond acceptors (Lipinski definition) is 2. The number of aryl methyl sites for hydroxylation is 2. The first-order valence-electron chi connectivity index (χ1n) is 19.2. The summed E-state index contributed by atoms with van der Waals surface area (Å²) in [5, 5.41) is 0. The third-order valence-corrected chi connectivity index (χ3v) is 16.0. The van der Waals surface area contributed by atoms with Crippen LogP contribution in [0, 0.1) is 13.8 Å². The Kier molecular flexibility index (Phi) is 8.38. The molecule has 0 bridgehead atoms. The van der Waals surface area contributed by atoms with Crippen LogP contribution >= 0.6 is 0 Å². The van der Waals surface area contributed by atoms with Crippen molar-refractivity contribution in [2.24, 2.45) is 0 Å². The molecule has 0 amide bonds. The molecule has 3 heteroatoms. The molecule has 0 saturated carbocycles. The Morgan fingerprint density at radius 3 is 1.17 bits per heavy atom. The summed E-state index contributed by atoms with van der Waals surface area (Å²) in [5.74, 6) is 3.83. The van der Waals surface area contributed by atoms with Crippen LogP contribution in [0.15, 0.2) is 118 Å². The van der Waals surface area contributed by atoms with Crippen molar-refractivity contribution in [2.45, 2.75) is 90.4 Å². The van der Waals surface area contributed by atoms with Crippen molar-refractivity contribution in [3.8, 4) is 22.3 Å². The lowest BCUT2D eigenvalue weighted by Gasteiger charge is -2.39. The number of benzene rings is 4. The molecule has 2 atom stereocenters. The maximum atomic E-state index is 6.50. The highest BCUT2D eigenvalue weighted by Gasteiger charge is 2.50. The van der Waals surface area contributed by atoms with Crippen LogP contribution in [-0.2, 0) is 10.8 Å². The van der Waals surface area contributed by atoms with Gasteiger partial charge in [-0.2, -0.15) is 0 Å². The molecule has 2 nitrogen and oxygen atoms in total. The fourth-order valence-electron chi connectivity index (χ4n) is 8.98. The van der Waals surface area contributed by atoms with E-state index in [1.165, 1.54) is 66.8 Å². The minimum Gasteiger partial charge on any atom is -0.462 e. The van der Waals surface area contributed by atoms with Gasteiger partial charge < -0.3 is 8.83 Å². The van der Waals surface area contributed by atoms with Crippen molar-refractivity contribution in [2.75, 3.05) is 0 Å². The molecule has 8 rings (SSSR count). The van der Waals surface area contributed by atoms with Crippen LogP contribution in [-0.4, -0.2) is 8.07 Å². The van der Waals surface area contributed by atoms with Gasteiger partial charge in [0.05, 0.1) is 8.07 Å². The molecule has 4 aromatic carbocycles. The Morgan fingerprint density at radius 1 is 0.472 bits per heavy atom. The van der Waals surface area contributed by atoms with E-state index < -0.39 is 8.07 Å². The SMILES string of the molecule is Cc1ccc(C2=Cc3c(-c4ccc(C(C)(C)C)cc4)cccc3C2[Si](C)(C)C2C(c3ccc(C)o3)=Cc3c(-c4ccc(C(C)(C)C)cc4)cccc32)o1. The van der Waals surface area contributed by atoms with Crippen molar-refractivity contribution >= 4 is 31.4 Å². The molecule has 0 radical (unpaired) electrons. The number of furan rings is 2. The highest BCUT2D eigenvalue weighted by Crippen LogP contribution is 2.58. The zero-order chi connectivity index (χ0) is 37.4. The molecular formula is C50H52O2Si. The van der Waals surface area contributed by atoms with E-state index in [1.807, 2.05) is 0 Å². The fraction of sp³-hybridized carbons (Fsp3) is 0.280. The Labute approximate surface area is 317 Å². The predicted octanol–water partition coefficient (Wildman–Crippen LogP) is 14.2. The molecule has 2 unspecified atom stereocenters. The van der Waals surface area contributed by atoms with E-state index >= 15 is 0 Å². The Hall–Kier alpha value is -4.86. The first kappa shape index (κ1) is 35.2. The van der Waals surface area contributed by atoms with Gasteiger partial charge in [-0.3, -0.25) is 0 Å². The van der Waals surface area contributed by atoms with Crippen LogP contribution in [0.2, 0.25) is 13.1 Å². The van der Waals surface area contributed by atoms with E-state index in [-0.39, 0.29) is 21.9 Å². The van der Waals surface area contributed by atoms with Crippen molar-refractivity contribution in [3.63, 3.8) is 0 Å². The Morgan fingerprint density at radius 2 is 0.849 bits per heavy atom. The second kappa shape index (κ2) is 12.6. The molecular weight excluding hydrogens is 661 g/mol. The van der Waals surface area contributed by atoms with Gasteiger partial charge in [-0.05, 0) is 117 Å². The van der Waals surface area contributed by atoms with Crippen LogP contribution in [0.5, 0.6) is 0 Å². The molecule has 2 heterocycles. The maximum absolute atomic E-state index is 6.50. The van der Waals surface area contributed by atoms with Crippen LogP contribution < -0.4 is 0 Å². The normalized spacial score (nSPS) is 17.1. The van der Waals surface area contributed by atoms with E-state index in [9.17, 15) is 0 Å². The average molecular weight is 713 g/mol. The van der Waals surface area contributed by atoms with Crippen molar-refractivity contribution in [1.29, 1.82) is 0 Å². The van der Waals surface area contributed by atoms with Gasteiger partial charge in [-0.15, -0.1) is 0 Å². The van der Waals surface area contributed by atoms with E-state index in [2.05, 4.69) is 190 Å². The van der Waals surface area contributed by atoms with Crippen molar-refractivity contribution in [3.05, 3.63) is 166 Å². The minimum atomic E-state index is -2.38. The lowest BCUT2D eigenvalue weighted by atomic mass is 9.86. The Balaban J connectivity index is 1.30. The topological polar surface area (TPSA) is 26.3 Å². The number of fused-ring (bicyclic) bond motifs is 2. The van der Waals surface area contributed by atoms with Crippen LogP contribution in [0.3, 0.4) is 0 Å². The highest BCUT2D eigenvalue weighted by molar-refractivity contribution is 6.84. The summed E-state index contributed by atoms with van der Waals surface area (Å²) >= 11 is 0. The first-order chi connectivity index (χ1) is 25.1. The van der Waals surface area contributed by atoms with Gasteiger partial charge in [0.1, 0.15) is 23.0 Å². The minimum absolute atomic E-state index is 0.104. The van der Waals surface area contributed by atoms with Crippen LogP contribution in [0.25, 0.3) is 45.6 Å². The molecule has 0 fully saturated rings. The van der Waals surface area contributed by atoms with Gasteiger partial charge in [0.2, 0.25) is 0 Å². The van der Waals surface area contributed by atoms with Gasteiger partial charge in [-0.25, -0.2) is 0 Å². The number of rotatable bonds is 6. The molecule has 2 aliphatic carbocycles. The lowest BCUT2D eigenvalue weighted by molar-refractivity contribution is 0.519. The monoisotopic (exact) mass is 712 g/mol. The standard InChI is InChI=1S/C50H52O2Si/c1-31-17-27-45(51-31)43-29-41-37(33-19-23-35(24-20-33)49(3,4)5)13-11-15-39(41)47(43)53(9,10)48-40-16-12-14-38(34-21-25-36(26-22-34)50(6,7)8)42(40)30-44(48)46-28-18-32(2)52-46/h11-30,47-48H,1-10H3. The summed E-state index contributed by atoms with van der Waals surface area (Å²) in [6.45, 7) is 22.9. The van der Waals surface area contributed by atoms with Gasteiger partial charge in [0.15, 0.2) is 0 Å². The quantitative estimate of drug-likeness (QED) is 0.161. The second-order valence-electron chi connectivity index (χ2n) is 18.0. The molecule has 0 N–H and O–H groups in total. The van der Waals surface area contributed by atoms with E-state index in [0.717, 1.165) is 23.0 Å². The summed E-state index contributed by atoms with van der Waals surface area (Å²) < 4.78 is 13.0. The van der Waals surface area contributed by atoms with Crippen LogP contribution in [0.4, 0.5) is 0 Å². The highest BCUT2D eigenvalue weighted by atomic mass is 28.3. The van der Waals surface area contributed by atoms with Gasteiger partial charge >= 0.3 is 0 Å². The largest absolute Gasteiger partial charge is 0.462 e. The van der Waals surface area contributed by atoms with E-state index in [4.69, 9.17) is 8.83 Å². The molecule has 2 aromatic heterocycles. The number of allylic oxidation sites excluding steroid dienone is 2. The third kappa shape index (κ3) is 6.13. The van der Waals surface area contributed by atoms with E-state index in [0.29, 0.717) is 0 Å². The van der Waals surface area contributed by atoms with Gasteiger partial charge in [0, 0.05) is 22.2 Å². The zero-order valence-corrected chi connectivity index (χ0v) is 34.0. The summed E-state index contributed by atoms with van der Waals surface area (Å²) in [6, 6.07) is 40.9. The van der Waals surface area contributed by atoms with Gasteiger partial charge in [-0.1, -0.05) is 140 Å². The molecule has 0 spiro atoms. The van der Waals surface area contributed by atoms with Crippen molar-refractivity contribution in [1.82, 2.24) is 0 Å². The molecule has 2 aliphatic rings. The smallest absolute Gasteiger partial charge is 0.130 e. The average Bonchev–Trinajstić information content (AvgIpc) is 3.91. The summed E-state index contributed by atoms with van der Waals surface area (Å²) in [4.78, 5) is 0. The molecule has 0 aliphatic heterocycles. The van der Waals surface area contributed by atoms with Gasteiger partial charge in [0.25, 0.3) is 0 Å². The maximum Gasteiger partial charge on any atom is 0.130 e. The first-order valence-corrected chi connectivity index (χ1v) is 22.3. The third-order valence-electron chi connectivity index (χ3n) is 11.8. The lowest BCUT2D eigenvalue weighted by Crippen LogP contribution is -2.42. The zero-order valence-electron chi connectivity index (χ0n) is 33.0. The molecule has 6 aromatic rings. The summed E-state index contributed by atoms with van der Waals surface area (Å²) in [5.41, 5.74) is 16.4. The predicted molar refractivity (Wildman–Crippen MR) is 227 cm³/mol. The van der Waals surface area contributed by atoms with Crippen molar-refractivity contribution < 1.29 is 8.83 Å².